The molecule has 0 fully saturated rings. The Balaban J connectivity index is 1.84. The highest BCUT2D eigenvalue weighted by Gasteiger charge is 2.22. The van der Waals surface area contributed by atoms with E-state index in [0.717, 1.165) is 17.1 Å². The normalized spacial score (nSPS) is 11.3. The van der Waals surface area contributed by atoms with Crippen molar-refractivity contribution in [2.45, 2.75) is 26.2 Å². The van der Waals surface area contributed by atoms with Crippen LogP contribution in [0.15, 0.2) is 78.9 Å². The third-order valence-electron chi connectivity index (χ3n) is 4.39. The smallest absolute Gasteiger partial charge is 0.130 e. The van der Waals surface area contributed by atoms with Gasteiger partial charge in [0.2, 0.25) is 0 Å². The Hall–Kier alpha value is -2.54. The monoisotopic (exact) mass is 302 g/mol. The molecule has 3 rings (SSSR count). The number of hydrogen-bond acceptors (Lipinski definition) is 1. The summed E-state index contributed by atoms with van der Waals surface area (Å²) in [4.78, 5) is 0. The second-order valence-electron chi connectivity index (χ2n) is 6.38. The summed E-state index contributed by atoms with van der Waals surface area (Å²) < 4.78 is 5.98. The lowest BCUT2D eigenvalue weighted by Crippen LogP contribution is -2.18. The Morgan fingerprint density at radius 1 is 0.652 bits per heavy atom. The van der Waals surface area contributed by atoms with Crippen molar-refractivity contribution >= 4 is 0 Å². The van der Waals surface area contributed by atoms with Gasteiger partial charge in [0.05, 0.1) is 0 Å². The molecule has 0 heterocycles. The van der Waals surface area contributed by atoms with Crippen LogP contribution in [-0.4, -0.2) is 0 Å². The lowest BCUT2D eigenvalue weighted by Gasteiger charge is -2.26. The second-order valence-corrected chi connectivity index (χ2v) is 6.38. The molecule has 0 aromatic heterocycles. The van der Waals surface area contributed by atoms with Gasteiger partial charge in [-0.1, -0.05) is 74.5 Å². The van der Waals surface area contributed by atoms with Crippen LogP contribution in [0.1, 0.15) is 30.5 Å². The van der Waals surface area contributed by atoms with E-state index < -0.39 is 0 Å². The van der Waals surface area contributed by atoms with Crippen LogP contribution in [-0.2, 0) is 5.41 Å². The second kappa shape index (κ2) is 6.29. The zero-order valence-electron chi connectivity index (χ0n) is 13.9. The zero-order chi connectivity index (χ0) is 16.3. The van der Waals surface area contributed by atoms with E-state index in [4.69, 9.17) is 4.74 Å². The highest BCUT2D eigenvalue weighted by Crippen LogP contribution is 2.33. The van der Waals surface area contributed by atoms with Crippen molar-refractivity contribution in [3.8, 4) is 11.5 Å². The van der Waals surface area contributed by atoms with E-state index in [1.807, 2.05) is 30.3 Å². The molecule has 0 aliphatic rings. The number of para-hydroxylation sites is 1. The lowest BCUT2D eigenvalue weighted by molar-refractivity contribution is 0.478. The van der Waals surface area contributed by atoms with E-state index in [9.17, 15) is 0 Å². The lowest BCUT2D eigenvalue weighted by atomic mass is 9.78. The summed E-state index contributed by atoms with van der Waals surface area (Å²) in [6, 6.07) is 27.1. The molecule has 0 radical (unpaired) electrons. The van der Waals surface area contributed by atoms with Crippen LogP contribution in [0.3, 0.4) is 0 Å². The van der Waals surface area contributed by atoms with Gasteiger partial charge in [-0.3, -0.25) is 0 Å². The van der Waals surface area contributed by atoms with Gasteiger partial charge in [0.1, 0.15) is 11.5 Å². The summed E-state index contributed by atoms with van der Waals surface area (Å²) in [5.74, 6) is 1.77. The molecule has 0 bridgehead atoms. The van der Waals surface area contributed by atoms with Crippen LogP contribution >= 0.6 is 0 Å². The Morgan fingerprint density at radius 2 is 1.22 bits per heavy atom. The van der Waals surface area contributed by atoms with Crippen molar-refractivity contribution in [3.05, 3.63) is 95.6 Å². The molecule has 1 nitrogen and oxygen atoms in total. The summed E-state index contributed by atoms with van der Waals surface area (Å²) in [7, 11) is 0. The van der Waals surface area contributed by atoms with Crippen molar-refractivity contribution in [3.63, 3.8) is 0 Å². The molecular formula is C22H22O. The molecule has 0 unspecified atom stereocenters. The fraction of sp³-hybridized carbons (Fsp3) is 0.182. The summed E-state index contributed by atoms with van der Waals surface area (Å²) >= 11 is 0. The number of benzene rings is 3. The zero-order valence-corrected chi connectivity index (χ0v) is 13.9. The fourth-order valence-electron chi connectivity index (χ4n) is 2.76. The van der Waals surface area contributed by atoms with E-state index in [0.29, 0.717) is 0 Å². The molecule has 0 amide bonds. The average Bonchev–Trinajstić information content (AvgIpc) is 2.58. The van der Waals surface area contributed by atoms with Crippen molar-refractivity contribution < 1.29 is 4.74 Å². The average molecular weight is 302 g/mol. The number of rotatable bonds is 4. The van der Waals surface area contributed by atoms with Gasteiger partial charge in [0.25, 0.3) is 0 Å². The predicted molar refractivity (Wildman–Crippen MR) is 96.3 cm³/mol. The van der Waals surface area contributed by atoms with Crippen LogP contribution < -0.4 is 4.74 Å². The summed E-state index contributed by atoms with van der Waals surface area (Å²) in [6.07, 6.45) is 0. The Morgan fingerprint density at radius 3 is 1.87 bits per heavy atom. The van der Waals surface area contributed by atoms with Crippen LogP contribution in [0.2, 0.25) is 0 Å². The first-order chi connectivity index (χ1) is 11.1. The molecule has 3 aromatic rings. The van der Waals surface area contributed by atoms with Crippen molar-refractivity contribution in [2.75, 3.05) is 0 Å². The number of hydrogen-bond donors (Lipinski definition) is 0. The third kappa shape index (κ3) is 3.29. The largest absolute Gasteiger partial charge is 0.457 e. The van der Waals surface area contributed by atoms with Gasteiger partial charge in [0.15, 0.2) is 0 Å². The van der Waals surface area contributed by atoms with E-state index >= 15 is 0 Å². The quantitative estimate of drug-likeness (QED) is 0.564. The van der Waals surface area contributed by atoms with Gasteiger partial charge in [0, 0.05) is 5.41 Å². The van der Waals surface area contributed by atoms with Gasteiger partial charge < -0.3 is 4.74 Å². The highest BCUT2D eigenvalue weighted by molar-refractivity contribution is 5.42. The molecule has 0 aliphatic heterocycles. The van der Waals surface area contributed by atoms with E-state index in [1.54, 1.807) is 0 Å². The summed E-state index contributed by atoms with van der Waals surface area (Å²) in [6.45, 7) is 6.56. The molecule has 23 heavy (non-hydrogen) atoms. The molecule has 0 saturated heterocycles. The van der Waals surface area contributed by atoms with Gasteiger partial charge >= 0.3 is 0 Å². The van der Waals surface area contributed by atoms with Gasteiger partial charge in [-0.05, 0) is 41.8 Å². The van der Waals surface area contributed by atoms with E-state index in [1.165, 1.54) is 11.1 Å². The molecule has 0 atom stereocenters. The van der Waals surface area contributed by atoms with Crippen LogP contribution in [0.4, 0.5) is 0 Å². The van der Waals surface area contributed by atoms with Crippen LogP contribution in [0.5, 0.6) is 11.5 Å². The Kier molecular flexibility index (Phi) is 4.20. The van der Waals surface area contributed by atoms with Crippen molar-refractivity contribution in [2.24, 2.45) is 0 Å². The molecule has 1 heteroatoms. The number of aryl methyl sites for hydroxylation is 1. The maximum atomic E-state index is 5.98. The fourth-order valence-corrected chi connectivity index (χ4v) is 2.76. The third-order valence-corrected chi connectivity index (χ3v) is 4.39. The molecule has 0 aliphatic carbocycles. The molecule has 3 aromatic carbocycles. The molecule has 116 valence electrons. The topological polar surface area (TPSA) is 9.23 Å². The molecule has 0 spiro atoms. The minimum atomic E-state index is -0.0253. The van der Waals surface area contributed by atoms with Crippen molar-refractivity contribution in [1.29, 1.82) is 0 Å². The Bertz CT molecular complexity index is 771. The minimum Gasteiger partial charge on any atom is -0.457 e. The van der Waals surface area contributed by atoms with E-state index in [2.05, 4.69) is 69.3 Å². The summed E-state index contributed by atoms with van der Waals surface area (Å²) in [5.41, 5.74) is 3.71. The maximum Gasteiger partial charge on any atom is 0.130 e. The first-order valence-electron chi connectivity index (χ1n) is 7.97. The van der Waals surface area contributed by atoms with Crippen molar-refractivity contribution in [1.82, 2.24) is 0 Å². The SMILES string of the molecule is Cc1ccccc1Oc1ccc(C(C)(C)c2ccccc2)cc1. The first kappa shape index (κ1) is 15.4. The van der Waals surface area contributed by atoms with Crippen LogP contribution in [0, 0.1) is 6.92 Å². The van der Waals surface area contributed by atoms with Crippen LogP contribution in [0.25, 0.3) is 0 Å². The number of ether oxygens (including phenoxy) is 1. The van der Waals surface area contributed by atoms with Gasteiger partial charge in [-0.2, -0.15) is 0 Å². The molecule has 0 N–H and O–H groups in total. The minimum absolute atomic E-state index is 0.0253. The highest BCUT2D eigenvalue weighted by atomic mass is 16.5. The Labute approximate surface area is 138 Å². The standard InChI is InChI=1S/C22H22O/c1-17-9-7-8-12-21(17)23-20-15-13-19(14-16-20)22(2,3)18-10-5-4-6-11-18/h4-16H,1-3H3. The molecular weight excluding hydrogens is 280 g/mol. The predicted octanol–water partition coefficient (Wildman–Crippen LogP) is 6.11. The molecule has 0 saturated carbocycles. The summed E-state index contributed by atoms with van der Waals surface area (Å²) in [5, 5.41) is 0. The first-order valence-corrected chi connectivity index (χ1v) is 7.97. The van der Waals surface area contributed by atoms with Gasteiger partial charge in [-0.15, -0.1) is 0 Å². The van der Waals surface area contributed by atoms with Gasteiger partial charge in [-0.25, -0.2) is 0 Å². The van der Waals surface area contributed by atoms with E-state index in [-0.39, 0.29) is 5.41 Å². The maximum absolute atomic E-state index is 5.98.